The van der Waals surface area contributed by atoms with E-state index in [9.17, 15) is 9.90 Å². The molecule has 1 unspecified atom stereocenters. The SMILES string of the molecule is O=C(O)C1CCOc2ccc(C3CC3)cc21. The second kappa shape index (κ2) is 3.51. The van der Waals surface area contributed by atoms with Crippen LogP contribution in [0.3, 0.4) is 0 Å². The molecule has 1 N–H and O–H groups in total. The maximum Gasteiger partial charge on any atom is 0.311 e. The number of carboxylic acid groups (broad SMARTS) is 1. The molecule has 0 aromatic heterocycles. The van der Waals surface area contributed by atoms with Gasteiger partial charge in [0, 0.05) is 5.56 Å². The number of benzene rings is 1. The first kappa shape index (κ1) is 9.70. The smallest absolute Gasteiger partial charge is 0.311 e. The zero-order valence-corrected chi connectivity index (χ0v) is 8.98. The molecule has 0 bridgehead atoms. The summed E-state index contributed by atoms with van der Waals surface area (Å²) in [5.74, 6) is 0.282. The fourth-order valence-electron chi connectivity index (χ4n) is 2.34. The molecule has 1 fully saturated rings. The standard InChI is InChI=1S/C13H14O3/c14-13(15)10-5-6-16-12-4-3-9(7-11(10)12)8-1-2-8/h3-4,7-8,10H,1-2,5-6H2,(H,14,15). The summed E-state index contributed by atoms with van der Waals surface area (Å²) in [4.78, 5) is 11.2. The molecule has 2 aliphatic rings. The second-order valence-electron chi connectivity index (χ2n) is 4.60. The number of carboxylic acids is 1. The third-order valence-electron chi connectivity index (χ3n) is 3.42. The van der Waals surface area contributed by atoms with Gasteiger partial charge in [0.15, 0.2) is 0 Å². The Morgan fingerprint density at radius 3 is 2.81 bits per heavy atom. The molecule has 1 aromatic rings. The average molecular weight is 218 g/mol. The van der Waals surface area contributed by atoms with Crippen LogP contribution in [0.5, 0.6) is 5.75 Å². The van der Waals surface area contributed by atoms with Crippen molar-refractivity contribution in [3.8, 4) is 5.75 Å². The van der Waals surface area contributed by atoms with Gasteiger partial charge in [-0.1, -0.05) is 12.1 Å². The third kappa shape index (κ3) is 1.56. The van der Waals surface area contributed by atoms with E-state index in [-0.39, 0.29) is 5.92 Å². The van der Waals surface area contributed by atoms with E-state index < -0.39 is 5.97 Å². The van der Waals surface area contributed by atoms with E-state index >= 15 is 0 Å². The number of hydrogen-bond donors (Lipinski definition) is 1. The van der Waals surface area contributed by atoms with Gasteiger partial charge in [0.1, 0.15) is 5.75 Å². The van der Waals surface area contributed by atoms with Gasteiger partial charge in [-0.05, 0) is 36.8 Å². The number of fused-ring (bicyclic) bond motifs is 1. The minimum atomic E-state index is -0.738. The lowest BCUT2D eigenvalue weighted by Crippen LogP contribution is -2.21. The van der Waals surface area contributed by atoms with E-state index in [0.717, 1.165) is 11.3 Å². The lowest BCUT2D eigenvalue weighted by Gasteiger charge is -2.23. The highest BCUT2D eigenvalue weighted by atomic mass is 16.5. The number of ether oxygens (including phenoxy) is 1. The molecule has 16 heavy (non-hydrogen) atoms. The van der Waals surface area contributed by atoms with Crippen LogP contribution in [0.4, 0.5) is 0 Å². The fraction of sp³-hybridized carbons (Fsp3) is 0.462. The van der Waals surface area contributed by atoms with E-state index in [4.69, 9.17) is 4.74 Å². The molecule has 1 aliphatic carbocycles. The molecule has 3 nitrogen and oxygen atoms in total. The highest BCUT2D eigenvalue weighted by molar-refractivity contribution is 5.77. The Hall–Kier alpha value is -1.51. The Morgan fingerprint density at radius 2 is 2.12 bits per heavy atom. The Kier molecular flexibility index (Phi) is 2.13. The van der Waals surface area contributed by atoms with Gasteiger partial charge >= 0.3 is 5.97 Å². The van der Waals surface area contributed by atoms with Gasteiger partial charge in [-0.25, -0.2) is 0 Å². The van der Waals surface area contributed by atoms with Crippen molar-refractivity contribution in [2.75, 3.05) is 6.61 Å². The fourth-order valence-corrected chi connectivity index (χ4v) is 2.34. The zero-order chi connectivity index (χ0) is 11.1. The van der Waals surface area contributed by atoms with Crippen molar-refractivity contribution in [2.24, 2.45) is 0 Å². The van der Waals surface area contributed by atoms with Crippen LogP contribution >= 0.6 is 0 Å². The Bertz CT molecular complexity index is 435. The highest BCUT2D eigenvalue weighted by Gasteiger charge is 2.30. The number of aliphatic carboxylic acids is 1. The van der Waals surface area contributed by atoms with E-state index in [1.165, 1.54) is 18.4 Å². The Morgan fingerprint density at radius 1 is 1.31 bits per heavy atom. The van der Waals surface area contributed by atoms with Crippen LogP contribution in [0.2, 0.25) is 0 Å². The molecule has 0 saturated heterocycles. The van der Waals surface area contributed by atoms with Gasteiger partial charge in [-0.3, -0.25) is 4.79 Å². The summed E-state index contributed by atoms with van der Waals surface area (Å²) in [5, 5.41) is 9.17. The molecule has 1 saturated carbocycles. The van der Waals surface area contributed by atoms with Crippen molar-refractivity contribution in [3.63, 3.8) is 0 Å². The topological polar surface area (TPSA) is 46.5 Å². The van der Waals surface area contributed by atoms with Crippen molar-refractivity contribution in [1.29, 1.82) is 0 Å². The van der Waals surface area contributed by atoms with Gasteiger partial charge in [0.2, 0.25) is 0 Å². The zero-order valence-electron chi connectivity index (χ0n) is 8.98. The maximum absolute atomic E-state index is 11.2. The first-order valence-corrected chi connectivity index (χ1v) is 5.75. The molecule has 1 aliphatic heterocycles. The molecule has 1 heterocycles. The molecule has 0 radical (unpaired) electrons. The lowest BCUT2D eigenvalue weighted by molar-refractivity contribution is -0.139. The molecule has 3 heteroatoms. The monoisotopic (exact) mass is 218 g/mol. The number of rotatable bonds is 2. The van der Waals surface area contributed by atoms with E-state index in [2.05, 4.69) is 6.07 Å². The highest BCUT2D eigenvalue weighted by Crippen LogP contribution is 2.43. The summed E-state index contributed by atoms with van der Waals surface area (Å²) in [6, 6.07) is 6.03. The predicted molar refractivity (Wildman–Crippen MR) is 58.9 cm³/mol. The van der Waals surface area contributed by atoms with Gasteiger partial charge in [0.05, 0.1) is 12.5 Å². The first-order chi connectivity index (χ1) is 7.75. The predicted octanol–water partition coefficient (Wildman–Crippen LogP) is 2.51. The van der Waals surface area contributed by atoms with Gasteiger partial charge < -0.3 is 9.84 Å². The number of hydrogen-bond acceptors (Lipinski definition) is 2. The quantitative estimate of drug-likeness (QED) is 0.829. The molecule has 3 rings (SSSR count). The van der Waals surface area contributed by atoms with Crippen molar-refractivity contribution in [2.45, 2.75) is 31.1 Å². The molecular weight excluding hydrogens is 204 g/mol. The van der Waals surface area contributed by atoms with Gasteiger partial charge in [-0.15, -0.1) is 0 Å². The maximum atomic E-state index is 11.2. The minimum Gasteiger partial charge on any atom is -0.493 e. The summed E-state index contributed by atoms with van der Waals surface area (Å²) < 4.78 is 5.50. The summed E-state index contributed by atoms with van der Waals surface area (Å²) in [5.41, 5.74) is 2.14. The average Bonchev–Trinajstić information content (AvgIpc) is 3.11. The molecule has 84 valence electrons. The van der Waals surface area contributed by atoms with Crippen LogP contribution in [-0.2, 0) is 4.79 Å². The van der Waals surface area contributed by atoms with Crippen LogP contribution in [0.1, 0.15) is 42.2 Å². The first-order valence-electron chi connectivity index (χ1n) is 5.75. The largest absolute Gasteiger partial charge is 0.493 e. The summed E-state index contributed by atoms with van der Waals surface area (Å²) in [6.45, 7) is 0.507. The molecular formula is C13H14O3. The summed E-state index contributed by atoms with van der Waals surface area (Å²) in [6.07, 6.45) is 3.05. The van der Waals surface area contributed by atoms with Crippen LogP contribution in [0, 0.1) is 0 Å². The van der Waals surface area contributed by atoms with Crippen molar-refractivity contribution < 1.29 is 14.6 Å². The molecule has 0 amide bonds. The van der Waals surface area contributed by atoms with E-state index in [1.54, 1.807) is 0 Å². The summed E-state index contributed by atoms with van der Waals surface area (Å²) >= 11 is 0. The Balaban J connectivity index is 2.02. The molecule has 1 aromatic carbocycles. The van der Waals surface area contributed by atoms with Crippen LogP contribution < -0.4 is 4.74 Å². The van der Waals surface area contributed by atoms with E-state index in [1.807, 2.05) is 12.1 Å². The molecule has 0 spiro atoms. The van der Waals surface area contributed by atoms with Crippen molar-refractivity contribution in [3.05, 3.63) is 29.3 Å². The minimum absolute atomic E-state index is 0.387. The normalized spacial score (nSPS) is 23.4. The van der Waals surface area contributed by atoms with Gasteiger partial charge in [0.25, 0.3) is 0 Å². The summed E-state index contributed by atoms with van der Waals surface area (Å²) in [7, 11) is 0. The Labute approximate surface area is 94.0 Å². The van der Waals surface area contributed by atoms with Crippen LogP contribution in [-0.4, -0.2) is 17.7 Å². The van der Waals surface area contributed by atoms with Crippen LogP contribution in [0.15, 0.2) is 18.2 Å². The van der Waals surface area contributed by atoms with Crippen molar-refractivity contribution >= 4 is 5.97 Å². The number of carbonyl (C=O) groups is 1. The molecule has 1 atom stereocenters. The third-order valence-corrected chi connectivity index (χ3v) is 3.42. The van der Waals surface area contributed by atoms with Crippen molar-refractivity contribution in [1.82, 2.24) is 0 Å². The van der Waals surface area contributed by atoms with Crippen LogP contribution in [0.25, 0.3) is 0 Å². The van der Waals surface area contributed by atoms with Gasteiger partial charge in [-0.2, -0.15) is 0 Å². The van der Waals surface area contributed by atoms with E-state index in [0.29, 0.717) is 18.9 Å². The lowest BCUT2D eigenvalue weighted by atomic mass is 9.91. The second-order valence-corrected chi connectivity index (χ2v) is 4.60.